The Bertz CT molecular complexity index is 1130. The third-order valence-corrected chi connectivity index (χ3v) is 6.01. The van der Waals surface area contributed by atoms with E-state index in [-0.39, 0.29) is 5.91 Å². The number of benzene rings is 2. The molecule has 4 rings (SSSR count). The van der Waals surface area contributed by atoms with Gasteiger partial charge in [-0.2, -0.15) is 5.10 Å². The first-order valence-electron chi connectivity index (χ1n) is 12.1. The fourth-order valence-corrected chi connectivity index (χ4v) is 4.30. The maximum absolute atomic E-state index is 12.7. The maximum Gasteiger partial charge on any atom is 0.271 e. The number of hydrazone groups is 1. The molecule has 6 nitrogen and oxygen atoms in total. The highest BCUT2D eigenvalue weighted by Gasteiger charge is 2.16. The van der Waals surface area contributed by atoms with Crippen LogP contribution in [0.2, 0.25) is 0 Å². The summed E-state index contributed by atoms with van der Waals surface area (Å²) in [6.07, 6.45) is 9.53. The van der Waals surface area contributed by atoms with Crippen molar-refractivity contribution in [3.8, 4) is 11.5 Å². The van der Waals surface area contributed by atoms with E-state index in [9.17, 15) is 4.79 Å². The number of nitrogens with zero attached hydrogens (tertiary/aromatic N) is 1. The number of H-pyrrole nitrogens is 1. The van der Waals surface area contributed by atoms with Gasteiger partial charge >= 0.3 is 0 Å². The largest absolute Gasteiger partial charge is 0.490 e. The lowest BCUT2D eigenvalue weighted by Crippen LogP contribution is -2.17. The number of aryl methyl sites for hydroxylation is 2. The number of nitrogens with one attached hydrogen (secondary N) is 2. The lowest BCUT2D eigenvalue weighted by Gasteiger charge is -2.12. The predicted molar refractivity (Wildman–Crippen MR) is 133 cm³/mol. The molecule has 2 N–H and O–H groups in total. The molecular weight excluding hydrogens is 414 g/mol. The third kappa shape index (κ3) is 5.56. The minimum absolute atomic E-state index is 0.222. The number of carbonyl (C=O) groups is 1. The van der Waals surface area contributed by atoms with Gasteiger partial charge in [-0.05, 0) is 86.6 Å². The van der Waals surface area contributed by atoms with Gasteiger partial charge in [-0.15, -0.1) is 0 Å². The van der Waals surface area contributed by atoms with Gasteiger partial charge in [0.1, 0.15) is 0 Å². The number of unbranched alkanes of at least 4 members (excludes halogenated alkanes) is 2. The standard InChI is InChI=1S/C27H33N3O3/c1-3-5-8-15-33-25-14-11-19(16-26(25)32-4-2)18-28-30-27(31)20-12-13-24-22(17-20)21-9-6-7-10-23(21)29-24/h11-14,16-18,29H,3-10,15H2,1-2H3,(H,30,31)/b28-18-. The highest BCUT2D eigenvalue weighted by molar-refractivity contribution is 5.99. The number of carbonyl (C=O) groups excluding carboxylic acids is 1. The van der Waals surface area contributed by atoms with E-state index in [2.05, 4.69) is 22.4 Å². The van der Waals surface area contributed by atoms with Crippen LogP contribution < -0.4 is 14.9 Å². The molecule has 0 atom stereocenters. The van der Waals surface area contributed by atoms with Gasteiger partial charge in [-0.3, -0.25) is 4.79 Å². The molecule has 1 aliphatic rings. The number of ether oxygens (including phenoxy) is 2. The van der Waals surface area contributed by atoms with Gasteiger partial charge in [0.2, 0.25) is 0 Å². The minimum Gasteiger partial charge on any atom is -0.490 e. The van der Waals surface area contributed by atoms with E-state index in [4.69, 9.17) is 9.47 Å². The molecule has 0 bridgehead atoms. The summed E-state index contributed by atoms with van der Waals surface area (Å²) in [5.74, 6) is 1.20. The van der Waals surface area contributed by atoms with Gasteiger partial charge in [-0.1, -0.05) is 19.8 Å². The van der Waals surface area contributed by atoms with E-state index >= 15 is 0 Å². The van der Waals surface area contributed by atoms with Gasteiger partial charge in [0.25, 0.3) is 5.91 Å². The van der Waals surface area contributed by atoms with Crippen LogP contribution in [0.5, 0.6) is 11.5 Å². The zero-order valence-corrected chi connectivity index (χ0v) is 19.6. The second kappa shape index (κ2) is 11.0. The number of amides is 1. The molecule has 3 aromatic rings. The van der Waals surface area contributed by atoms with Crippen LogP contribution in [0.3, 0.4) is 0 Å². The molecule has 0 spiro atoms. The first kappa shape index (κ1) is 22.9. The maximum atomic E-state index is 12.7. The van der Waals surface area contributed by atoms with Crippen LogP contribution in [0.25, 0.3) is 10.9 Å². The summed E-state index contributed by atoms with van der Waals surface area (Å²) in [6, 6.07) is 11.5. The molecule has 0 fully saturated rings. The van der Waals surface area contributed by atoms with E-state index in [1.54, 1.807) is 6.21 Å². The van der Waals surface area contributed by atoms with Crippen LogP contribution in [0.15, 0.2) is 41.5 Å². The van der Waals surface area contributed by atoms with E-state index in [1.165, 1.54) is 24.1 Å². The summed E-state index contributed by atoms with van der Waals surface area (Å²) in [4.78, 5) is 16.2. The second-order valence-electron chi connectivity index (χ2n) is 8.44. The normalized spacial score (nSPS) is 13.3. The summed E-state index contributed by atoms with van der Waals surface area (Å²) in [5.41, 5.74) is 7.86. The number of aromatic amines is 1. The molecule has 0 saturated carbocycles. The van der Waals surface area contributed by atoms with Crippen molar-refractivity contribution >= 4 is 23.0 Å². The Morgan fingerprint density at radius 2 is 1.94 bits per heavy atom. The highest BCUT2D eigenvalue weighted by Crippen LogP contribution is 2.30. The molecule has 0 saturated heterocycles. The Morgan fingerprint density at radius 1 is 1.06 bits per heavy atom. The van der Waals surface area contributed by atoms with Crippen LogP contribution >= 0.6 is 0 Å². The van der Waals surface area contributed by atoms with Crippen LogP contribution in [-0.4, -0.2) is 30.3 Å². The average Bonchev–Trinajstić information content (AvgIpc) is 3.21. The van der Waals surface area contributed by atoms with Crippen molar-refractivity contribution in [2.24, 2.45) is 5.10 Å². The van der Waals surface area contributed by atoms with E-state index in [1.807, 2.05) is 43.3 Å². The molecule has 6 heteroatoms. The van der Waals surface area contributed by atoms with Crippen molar-refractivity contribution in [3.05, 3.63) is 58.8 Å². The van der Waals surface area contributed by atoms with Crippen molar-refractivity contribution in [3.63, 3.8) is 0 Å². The van der Waals surface area contributed by atoms with E-state index in [0.29, 0.717) is 24.5 Å². The molecule has 174 valence electrons. The highest BCUT2D eigenvalue weighted by atomic mass is 16.5. The molecule has 0 aliphatic heterocycles. The smallest absolute Gasteiger partial charge is 0.271 e. The number of hydrogen-bond acceptors (Lipinski definition) is 4. The molecule has 0 radical (unpaired) electrons. The molecule has 33 heavy (non-hydrogen) atoms. The van der Waals surface area contributed by atoms with Crippen molar-refractivity contribution in [2.75, 3.05) is 13.2 Å². The lowest BCUT2D eigenvalue weighted by molar-refractivity contribution is 0.0955. The van der Waals surface area contributed by atoms with Gasteiger partial charge < -0.3 is 14.5 Å². The molecule has 1 heterocycles. The molecular formula is C27H33N3O3. The van der Waals surface area contributed by atoms with Crippen LogP contribution in [0, 0.1) is 0 Å². The average molecular weight is 448 g/mol. The van der Waals surface area contributed by atoms with Crippen molar-refractivity contribution in [2.45, 2.75) is 58.8 Å². The van der Waals surface area contributed by atoms with Crippen LogP contribution in [0.4, 0.5) is 0 Å². The number of fused-ring (bicyclic) bond motifs is 3. The Balaban J connectivity index is 1.41. The Hall–Kier alpha value is -3.28. The molecule has 1 aliphatic carbocycles. The van der Waals surface area contributed by atoms with Gasteiger partial charge in [0, 0.05) is 22.2 Å². The fraction of sp³-hybridized carbons (Fsp3) is 0.407. The van der Waals surface area contributed by atoms with Crippen molar-refractivity contribution in [1.29, 1.82) is 0 Å². The SMILES string of the molecule is CCCCCOc1ccc(/C=N\NC(=O)c2ccc3[nH]c4c(c3c2)CCCC4)cc1OCC. The molecule has 0 unspecified atom stereocenters. The van der Waals surface area contributed by atoms with Gasteiger partial charge in [0.05, 0.1) is 19.4 Å². The fourth-order valence-electron chi connectivity index (χ4n) is 4.30. The first-order valence-corrected chi connectivity index (χ1v) is 12.1. The summed E-state index contributed by atoms with van der Waals surface area (Å²) in [6.45, 7) is 5.34. The number of hydrogen-bond donors (Lipinski definition) is 2. The quantitative estimate of drug-likeness (QED) is 0.235. The molecule has 1 aromatic heterocycles. The van der Waals surface area contributed by atoms with Gasteiger partial charge in [0.15, 0.2) is 11.5 Å². The molecule has 1 amide bonds. The summed E-state index contributed by atoms with van der Waals surface area (Å²) < 4.78 is 11.6. The van der Waals surface area contributed by atoms with Crippen LogP contribution in [-0.2, 0) is 12.8 Å². The van der Waals surface area contributed by atoms with Crippen molar-refractivity contribution < 1.29 is 14.3 Å². The Kier molecular flexibility index (Phi) is 7.66. The summed E-state index contributed by atoms with van der Waals surface area (Å²) in [5, 5.41) is 5.31. The Labute approximate surface area is 195 Å². The topological polar surface area (TPSA) is 75.7 Å². The Morgan fingerprint density at radius 3 is 2.79 bits per heavy atom. The van der Waals surface area contributed by atoms with Gasteiger partial charge in [-0.25, -0.2) is 5.43 Å². The second-order valence-corrected chi connectivity index (χ2v) is 8.44. The predicted octanol–water partition coefficient (Wildman–Crippen LogP) is 5.78. The van der Waals surface area contributed by atoms with E-state index < -0.39 is 0 Å². The minimum atomic E-state index is -0.222. The monoisotopic (exact) mass is 447 g/mol. The first-order chi connectivity index (χ1) is 16.2. The van der Waals surface area contributed by atoms with Crippen LogP contribution in [0.1, 0.15) is 73.1 Å². The van der Waals surface area contributed by atoms with E-state index in [0.717, 1.165) is 54.3 Å². The summed E-state index contributed by atoms with van der Waals surface area (Å²) in [7, 11) is 0. The summed E-state index contributed by atoms with van der Waals surface area (Å²) >= 11 is 0. The molecule has 2 aromatic carbocycles. The third-order valence-electron chi connectivity index (χ3n) is 6.01. The van der Waals surface area contributed by atoms with Crippen molar-refractivity contribution in [1.82, 2.24) is 10.4 Å². The lowest BCUT2D eigenvalue weighted by atomic mass is 9.95. The number of aromatic nitrogens is 1. The zero-order valence-electron chi connectivity index (χ0n) is 19.6. The zero-order chi connectivity index (χ0) is 23.0. The number of rotatable bonds is 10.